The lowest BCUT2D eigenvalue weighted by Crippen LogP contribution is -2.46. The maximum absolute atomic E-state index is 11.9. The third-order valence-electron chi connectivity index (χ3n) is 3.09. The SMILES string of the molecule is CN(C(=O)NC1CCC1)c1ccc(Br)cc1N. The molecule has 92 valence electrons. The zero-order valence-electron chi connectivity index (χ0n) is 9.74. The van der Waals surface area contributed by atoms with Crippen LogP contribution in [0.25, 0.3) is 0 Å². The van der Waals surface area contributed by atoms with Crippen molar-refractivity contribution < 1.29 is 4.79 Å². The van der Waals surface area contributed by atoms with Gasteiger partial charge >= 0.3 is 6.03 Å². The Morgan fingerprint density at radius 2 is 2.24 bits per heavy atom. The molecule has 3 N–H and O–H groups in total. The van der Waals surface area contributed by atoms with E-state index in [2.05, 4.69) is 21.2 Å². The summed E-state index contributed by atoms with van der Waals surface area (Å²) < 4.78 is 0.909. The number of hydrogen-bond donors (Lipinski definition) is 2. The molecular weight excluding hydrogens is 282 g/mol. The van der Waals surface area contributed by atoms with Gasteiger partial charge in [-0.05, 0) is 37.5 Å². The van der Waals surface area contributed by atoms with E-state index in [1.807, 2.05) is 12.1 Å². The molecule has 1 fully saturated rings. The number of nitrogens with one attached hydrogen (secondary N) is 1. The molecule has 2 amide bonds. The predicted octanol–water partition coefficient (Wildman–Crippen LogP) is 2.73. The molecule has 1 aromatic rings. The monoisotopic (exact) mass is 297 g/mol. The van der Waals surface area contributed by atoms with E-state index in [1.165, 1.54) is 6.42 Å². The van der Waals surface area contributed by atoms with E-state index in [9.17, 15) is 4.79 Å². The van der Waals surface area contributed by atoms with Crippen LogP contribution in [0, 0.1) is 0 Å². The largest absolute Gasteiger partial charge is 0.397 e. The van der Waals surface area contributed by atoms with Crippen LogP contribution in [0.3, 0.4) is 0 Å². The summed E-state index contributed by atoms with van der Waals surface area (Å²) >= 11 is 3.34. The van der Waals surface area contributed by atoms with Gasteiger partial charge in [0.05, 0.1) is 11.4 Å². The van der Waals surface area contributed by atoms with E-state index in [4.69, 9.17) is 5.73 Å². The summed E-state index contributed by atoms with van der Waals surface area (Å²) in [5.74, 6) is 0. The molecule has 0 atom stereocenters. The summed E-state index contributed by atoms with van der Waals surface area (Å²) in [5, 5.41) is 2.98. The van der Waals surface area contributed by atoms with Crippen LogP contribution >= 0.6 is 15.9 Å². The van der Waals surface area contributed by atoms with Crippen LogP contribution in [0.15, 0.2) is 22.7 Å². The summed E-state index contributed by atoms with van der Waals surface area (Å²) in [6.07, 6.45) is 3.36. The molecule has 0 heterocycles. The Labute approximate surface area is 109 Å². The van der Waals surface area contributed by atoms with E-state index in [0.717, 1.165) is 23.0 Å². The van der Waals surface area contributed by atoms with E-state index < -0.39 is 0 Å². The van der Waals surface area contributed by atoms with Crippen LogP contribution in [0.2, 0.25) is 0 Å². The number of carbonyl (C=O) groups is 1. The second kappa shape index (κ2) is 4.96. The lowest BCUT2D eigenvalue weighted by Gasteiger charge is -2.29. The number of nitrogens with two attached hydrogens (primary N) is 1. The number of urea groups is 1. The molecule has 0 aliphatic heterocycles. The third-order valence-corrected chi connectivity index (χ3v) is 3.58. The highest BCUT2D eigenvalue weighted by atomic mass is 79.9. The predicted molar refractivity (Wildman–Crippen MR) is 73.1 cm³/mol. The molecule has 0 saturated heterocycles. The fourth-order valence-electron chi connectivity index (χ4n) is 1.76. The minimum absolute atomic E-state index is 0.0938. The van der Waals surface area contributed by atoms with Gasteiger partial charge in [0, 0.05) is 17.6 Å². The zero-order valence-corrected chi connectivity index (χ0v) is 11.3. The first-order valence-corrected chi connectivity index (χ1v) is 6.46. The number of nitrogens with zero attached hydrogens (tertiary/aromatic N) is 1. The van der Waals surface area contributed by atoms with E-state index in [-0.39, 0.29) is 6.03 Å². The second-order valence-electron chi connectivity index (χ2n) is 4.34. The first-order valence-electron chi connectivity index (χ1n) is 5.67. The Bertz CT molecular complexity index is 432. The van der Waals surface area contributed by atoms with Crippen molar-refractivity contribution in [1.29, 1.82) is 0 Å². The van der Waals surface area contributed by atoms with Crippen molar-refractivity contribution in [2.45, 2.75) is 25.3 Å². The second-order valence-corrected chi connectivity index (χ2v) is 5.26. The van der Waals surface area contributed by atoms with Gasteiger partial charge in [-0.2, -0.15) is 0 Å². The molecule has 1 aliphatic carbocycles. The first kappa shape index (κ1) is 12.2. The molecule has 1 aromatic carbocycles. The molecule has 0 spiro atoms. The van der Waals surface area contributed by atoms with Crippen molar-refractivity contribution in [3.63, 3.8) is 0 Å². The average molecular weight is 298 g/mol. The van der Waals surface area contributed by atoms with Gasteiger partial charge in [-0.15, -0.1) is 0 Å². The standard InChI is InChI=1S/C12H16BrN3O/c1-16(12(17)15-9-3-2-4-9)11-6-5-8(13)7-10(11)14/h5-7,9H,2-4,14H2,1H3,(H,15,17). The lowest BCUT2D eigenvalue weighted by molar-refractivity contribution is 0.235. The van der Waals surface area contributed by atoms with Crippen LogP contribution in [0.1, 0.15) is 19.3 Å². The van der Waals surface area contributed by atoms with Crippen molar-refractivity contribution >= 4 is 33.3 Å². The van der Waals surface area contributed by atoms with Crippen molar-refractivity contribution in [2.75, 3.05) is 17.7 Å². The van der Waals surface area contributed by atoms with Gasteiger partial charge in [0.1, 0.15) is 0 Å². The Balaban J connectivity index is 2.06. The molecule has 2 rings (SSSR count). The molecule has 0 aromatic heterocycles. The summed E-state index contributed by atoms with van der Waals surface area (Å²) in [6, 6.07) is 5.74. The normalized spacial score (nSPS) is 15.2. The molecular formula is C12H16BrN3O. The molecule has 4 nitrogen and oxygen atoms in total. The fourth-order valence-corrected chi connectivity index (χ4v) is 2.14. The van der Waals surface area contributed by atoms with Crippen LogP contribution in [0.5, 0.6) is 0 Å². The van der Waals surface area contributed by atoms with Crippen molar-refractivity contribution in [3.8, 4) is 0 Å². The number of hydrogen-bond acceptors (Lipinski definition) is 2. The van der Waals surface area contributed by atoms with Crippen LogP contribution in [-0.4, -0.2) is 19.1 Å². The number of nitrogen functional groups attached to an aromatic ring is 1. The number of carbonyl (C=O) groups excluding carboxylic acids is 1. The van der Waals surface area contributed by atoms with Crippen molar-refractivity contribution in [2.24, 2.45) is 0 Å². The van der Waals surface area contributed by atoms with E-state index in [1.54, 1.807) is 18.0 Å². The number of anilines is 2. The van der Waals surface area contributed by atoms with Crippen LogP contribution in [-0.2, 0) is 0 Å². The smallest absolute Gasteiger partial charge is 0.321 e. The van der Waals surface area contributed by atoms with Gasteiger partial charge in [-0.3, -0.25) is 4.90 Å². The Morgan fingerprint density at radius 1 is 1.53 bits per heavy atom. The van der Waals surface area contributed by atoms with Gasteiger partial charge in [-0.25, -0.2) is 4.79 Å². The Morgan fingerprint density at radius 3 is 2.76 bits per heavy atom. The molecule has 1 saturated carbocycles. The van der Waals surface area contributed by atoms with Gasteiger partial charge in [-0.1, -0.05) is 15.9 Å². The molecule has 0 bridgehead atoms. The molecule has 17 heavy (non-hydrogen) atoms. The number of rotatable bonds is 2. The van der Waals surface area contributed by atoms with Gasteiger partial charge < -0.3 is 11.1 Å². The highest BCUT2D eigenvalue weighted by molar-refractivity contribution is 9.10. The van der Waals surface area contributed by atoms with Crippen molar-refractivity contribution in [3.05, 3.63) is 22.7 Å². The molecule has 0 unspecified atom stereocenters. The lowest BCUT2D eigenvalue weighted by atomic mass is 9.93. The fraction of sp³-hybridized carbons (Fsp3) is 0.417. The number of benzene rings is 1. The van der Waals surface area contributed by atoms with Gasteiger partial charge in [0.15, 0.2) is 0 Å². The highest BCUT2D eigenvalue weighted by Crippen LogP contribution is 2.26. The maximum atomic E-state index is 11.9. The first-order chi connectivity index (χ1) is 8.08. The minimum Gasteiger partial charge on any atom is -0.397 e. The summed E-state index contributed by atoms with van der Waals surface area (Å²) in [7, 11) is 1.73. The van der Waals surface area contributed by atoms with Gasteiger partial charge in [0.2, 0.25) is 0 Å². The number of amides is 2. The van der Waals surface area contributed by atoms with Gasteiger partial charge in [0.25, 0.3) is 0 Å². The molecule has 5 heteroatoms. The zero-order chi connectivity index (χ0) is 12.4. The van der Waals surface area contributed by atoms with Crippen LogP contribution < -0.4 is 16.0 Å². The average Bonchev–Trinajstić information content (AvgIpc) is 2.22. The van der Waals surface area contributed by atoms with Crippen LogP contribution in [0.4, 0.5) is 16.2 Å². The minimum atomic E-state index is -0.0938. The Hall–Kier alpha value is -1.23. The molecule has 1 aliphatic rings. The van der Waals surface area contributed by atoms with E-state index >= 15 is 0 Å². The topological polar surface area (TPSA) is 58.4 Å². The quantitative estimate of drug-likeness (QED) is 0.825. The molecule has 0 radical (unpaired) electrons. The summed E-state index contributed by atoms with van der Waals surface area (Å²) in [6.45, 7) is 0. The maximum Gasteiger partial charge on any atom is 0.321 e. The number of halogens is 1. The summed E-state index contributed by atoms with van der Waals surface area (Å²) in [4.78, 5) is 13.5. The third kappa shape index (κ3) is 2.72. The van der Waals surface area contributed by atoms with E-state index in [0.29, 0.717) is 11.7 Å². The summed E-state index contributed by atoms with van der Waals surface area (Å²) in [5.41, 5.74) is 7.20. The van der Waals surface area contributed by atoms with Crippen molar-refractivity contribution in [1.82, 2.24) is 5.32 Å². The highest BCUT2D eigenvalue weighted by Gasteiger charge is 2.22. The Kier molecular flexibility index (Phi) is 3.57.